The van der Waals surface area contributed by atoms with Crippen LogP contribution in [0.25, 0.3) is 6.08 Å². The Kier molecular flexibility index (Phi) is 5.56. The lowest BCUT2D eigenvalue weighted by molar-refractivity contribution is -0.127. The van der Waals surface area contributed by atoms with Crippen LogP contribution in [0, 0.1) is 6.92 Å². The first-order valence-corrected chi connectivity index (χ1v) is 11.5. The molecule has 1 heterocycles. The molecule has 0 N–H and O–H groups in total. The van der Waals surface area contributed by atoms with Crippen LogP contribution in [0.4, 0.5) is 0 Å². The Bertz CT molecular complexity index is 1050. The summed E-state index contributed by atoms with van der Waals surface area (Å²) in [5.74, 6) is -0.0823. The molecule has 1 fully saturated rings. The minimum atomic E-state index is -3.52. The van der Waals surface area contributed by atoms with Gasteiger partial charge in [0.1, 0.15) is 0 Å². The molecule has 1 saturated heterocycles. The summed E-state index contributed by atoms with van der Waals surface area (Å²) in [6.07, 6.45) is 6.46. The SMILES string of the molecule is Cc1cccc(/C=C/C(=O)N2CCN(S(=O)(=O)c3ccc4c(c3)CCC4)CC2)c1. The van der Waals surface area contributed by atoms with Crippen molar-refractivity contribution >= 4 is 22.0 Å². The maximum atomic E-state index is 13.0. The van der Waals surface area contributed by atoms with E-state index >= 15 is 0 Å². The molecule has 0 radical (unpaired) electrons. The highest BCUT2D eigenvalue weighted by molar-refractivity contribution is 7.89. The van der Waals surface area contributed by atoms with Gasteiger partial charge in [-0.25, -0.2) is 8.42 Å². The fraction of sp³-hybridized carbons (Fsp3) is 0.348. The number of benzene rings is 2. The van der Waals surface area contributed by atoms with Crippen LogP contribution in [-0.4, -0.2) is 49.7 Å². The van der Waals surface area contributed by atoms with E-state index in [1.54, 1.807) is 17.0 Å². The molecule has 2 aromatic carbocycles. The number of nitrogens with zero attached hydrogens (tertiary/aromatic N) is 2. The number of hydrogen-bond donors (Lipinski definition) is 0. The average molecular weight is 411 g/mol. The zero-order chi connectivity index (χ0) is 20.4. The lowest BCUT2D eigenvalue weighted by Crippen LogP contribution is -2.50. The summed E-state index contributed by atoms with van der Waals surface area (Å²) < 4.78 is 27.5. The molecule has 1 aliphatic heterocycles. The molecular weight excluding hydrogens is 384 g/mol. The molecule has 0 atom stereocenters. The van der Waals surface area contributed by atoms with Gasteiger partial charge in [0.25, 0.3) is 0 Å². The van der Waals surface area contributed by atoms with Crippen molar-refractivity contribution in [1.82, 2.24) is 9.21 Å². The van der Waals surface area contributed by atoms with Gasteiger partial charge in [-0.05, 0) is 61.1 Å². The maximum absolute atomic E-state index is 13.0. The summed E-state index contributed by atoms with van der Waals surface area (Å²) in [6.45, 7) is 3.47. The van der Waals surface area contributed by atoms with E-state index in [1.165, 1.54) is 9.87 Å². The van der Waals surface area contributed by atoms with Gasteiger partial charge in [0.15, 0.2) is 0 Å². The van der Waals surface area contributed by atoms with Crippen molar-refractivity contribution in [1.29, 1.82) is 0 Å². The average Bonchev–Trinajstić information content (AvgIpc) is 3.20. The second-order valence-electron chi connectivity index (χ2n) is 7.76. The fourth-order valence-corrected chi connectivity index (χ4v) is 5.53. The monoisotopic (exact) mass is 410 g/mol. The molecule has 0 spiro atoms. The van der Waals surface area contributed by atoms with Crippen molar-refractivity contribution in [2.75, 3.05) is 26.2 Å². The van der Waals surface area contributed by atoms with E-state index in [2.05, 4.69) is 0 Å². The van der Waals surface area contributed by atoms with Gasteiger partial charge in [0, 0.05) is 32.3 Å². The fourth-order valence-electron chi connectivity index (χ4n) is 4.05. The number of amides is 1. The van der Waals surface area contributed by atoms with Crippen LogP contribution in [-0.2, 0) is 27.7 Å². The lowest BCUT2D eigenvalue weighted by atomic mass is 10.1. The molecule has 0 bridgehead atoms. The van der Waals surface area contributed by atoms with Gasteiger partial charge in [0.05, 0.1) is 4.90 Å². The summed E-state index contributed by atoms with van der Waals surface area (Å²) >= 11 is 0. The maximum Gasteiger partial charge on any atom is 0.246 e. The third-order valence-corrected chi connectivity index (χ3v) is 7.61. The first kappa shape index (κ1) is 19.9. The van der Waals surface area contributed by atoms with Crippen molar-refractivity contribution in [3.63, 3.8) is 0 Å². The van der Waals surface area contributed by atoms with E-state index in [9.17, 15) is 13.2 Å². The zero-order valence-electron chi connectivity index (χ0n) is 16.7. The van der Waals surface area contributed by atoms with E-state index in [4.69, 9.17) is 0 Å². The van der Waals surface area contributed by atoms with Crippen LogP contribution in [0.15, 0.2) is 53.4 Å². The lowest BCUT2D eigenvalue weighted by Gasteiger charge is -2.33. The van der Waals surface area contributed by atoms with E-state index in [0.29, 0.717) is 31.1 Å². The van der Waals surface area contributed by atoms with Gasteiger partial charge >= 0.3 is 0 Å². The highest BCUT2D eigenvalue weighted by Crippen LogP contribution is 2.26. The first-order valence-electron chi connectivity index (χ1n) is 10.1. The van der Waals surface area contributed by atoms with Crippen molar-refractivity contribution in [3.8, 4) is 0 Å². The summed E-state index contributed by atoms with van der Waals surface area (Å²) in [7, 11) is -3.52. The van der Waals surface area contributed by atoms with Crippen LogP contribution >= 0.6 is 0 Å². The summed E-state index contributed by atoms with van der Waals surface area (Å²) in [5, 5.41) is 0. The predicted octanol–water partition coefficient (Wildman–Crippen LogP) is 3.03. The molecule has 0 unspecified atom stereocenters. The van der Waals surface area contributed by atoms with Gasteiger partial charge in [0.2, 0.25) is 15.9 Å². The van der Waals surface area contributed by atoms with E-state index in [0.717, 1.165) is 36.0 Å². The highest BCUT2D eigenvalue weighted by atomic mass is 32.2. The Labute approximate surface area is 172 Å². The number of aryl methyl sites for hydroxylation is 3. The molecule has 29 heavy (non-hydrogen) atoms. The van der Waals surface area contributed by atoms with E-state index < -0.39 is 10.0 Å². The van der Waals surface area contributed by atoms with Gasteiger partial charge in [-0.3, -0.25) is 4.79 Å². The second-order valence-corrected chi connectivity index (χ2v) is 9.70. The number of fused-ring (bicyclic) bond motifs is 1. The third kappa shape index (κ3) is 4.28. The highest BCUT2D eigenvalue weighted by Gasteiger charge is 2.30. The second kappa shape index (κ2) is 8.13. The topological polar surface area (TPSA) is 57.7 Å². The van der Waals surface area contributed by atoms with Crippen LogP contribution < -0.4 is 0 Å². The first-order chi connectivity index (χ1) is 13.9. The number of rotatable bonds is 4. The normalized spacial score (nSPS) is 17.6. The van der Waals surface area contributed by atoms with Crippen molar-refractivity contribution < 1.29 is 13.2 Å². The van der Waals surface area contributed by atoms with Crippen LogP contribution in [0.3, 0.4) is 0 Å². The predicted molar refractivity (Wildman–Crippen MR) is 114 cm³/mol. The summed E-state index contributed by atoms with van der Waals surface area (Å²) in [4.78, 5) is 14.6. The minimum absolute atomic E-state index is 0.0823. The van der Waals surface area contributed by atoms with Gasteiger partial charge in [-0.2, -0.15) is 4.31 Å². The Morgan fingerprint density at radius 3 is 2.48 bits per heavy atom. The number of sulfonamides is 1. The Balaban J connectivity index is 1.39. The van der Waals surface area contributed by atoms with Crippen molar-refractivity contribution in [3.05, 3.63) is 70.8 Å². The van der Waals surface area contributed by atoms with Crippen molar-refractivity contribution in [2.24, 2.45) is 0 Å². The summed E-state index contributed by atoms with van der Waals surface area (Å²) in [5.41, 5.74) is 4.54. The van der Waals surface area contributed by atoms with Crippen LogP contribution in [0.5, 0.6) is 0 Å². The molecular formula is C23H26N2O3S. The molecule has 152 valence electrons. The molecule has 0 saturated carbocycles. The smallest absolute Gasteiger partial charge is 0.246 e. The largest absolute Gasteiger partial charge is 0.337 e. The zero-order valence-corrected chi connectivity index (χ0v) is 17.5. The van der Waals surface area contributed by atoms with Crippen molar-refractivity contribution in [2.45, 2.75) is 31.1 Å². The Morgan fingerprint density at radius 1 is 0.966 bits per heavy atom. The molecule has 1 amide bonds. The van der Waals surface area contributed by atoms with Crippen LogP contribution in [0.2, 0.25) is 0 Å². The minimum Gasteiger partial charge on any atom is -0.337 e. The number of hydrogen-bond acceptors (Lipinski definition) is 3. The summed E-state index contributed by atoms with van der Waals surface area (Å²) in [6, 6.07) is 13.5. The van der Waals surface area contributed by atoms with Gasteiger partial charge < -0.3 is 4.90 Å². The molecule has 0 aromatic heterocycles. The molecule has 2 aromatic rings. The molecule has 5 nitrogen and oxygen atoms in total. The van der Waals surface area contributed by atoms with Crippen LogP contribution in [0.1, 0.15) is 28.7 Å². The molecule has 1 aliphatic carbocycles. The Hall–Kier alpha value is -2.44. The molecule has 6 heteroatoms. The number of piperazine rings is 1. The number of carbonyl (C=O) groups excluding carboxylic acids is 1. The quantitative estimate of drug-likeness (QED) is 0.728. The van der Waals surface area contributed by atoms with E-state index in [1.807, 2.05) is 49.4 Å². The molecule has 4 rings (SSSR count). The Morgan fingerprint density at radius 2 is 1.72 bits per heavy atom. The van der Waals surface area contributed by atoms with Gasteiger partial charge in [-0.1, -0.05) is 35.9 Å². The van der Waals surface area contributed by atoms with E-state index in [-0.39, 0.29) is 5.91 Å². The number of carbonyl (C=O) groups is 1. The van der Waals surface area contributed by atoms with Gasteiger partial charge in [-0.15, -0.1) is 0 Å². The standard InChI is InChI=1S/C23H26N2O3S/c1-18-4-2-5-19(16-18)8-11-23(26)24-12-14-25(15-13-24)29(27,28)22-10-9-20-6-3-7-21(20)17-22/h2,4-5,8-11,16-17H,3,6-7,12-15H2,1H3/b11-8+. The third-order valence-electron chi connectivity index (χ3n) is 5.72. The molecule has 2 aliphatic rings.